The molecule has 0 aliphatic carbocycles. The maximum absolute atomic E-state index is 11.5. The summed E-state index contributed by atoms with van der Waals surface area (Å²) in [5.41, 5.74) is 0. The van der Waals surface area contributed by atoms with Gasteiger partial charge in [0, 0.05) is 19.3 Å². The second-order valence-electron chi connectivity index (χ2n) is 9.16. The zero-order chi connectivity index (χ0) is 22.6. The van der Waals surface area contributed by atoms with Crippen molar-refractivity contribution in [1.82, 2.24) is 15.0 Å². The fraction of sp³-hybridized carbons (Fsp3) is 0.652. The summed E-state index contributed by atoms with van der Waals surface area (Å²) >= 11 is 0. The second kappa shape index (κ2) is 10.2. The highest BCUT2D eigenvalue weighted by atomic mass is 32.2. The van der Waals surface area contributed by atoms with Gasteiger partial charge in [0.25, 0.3) is 0 Å². The number of likely N-dealkylation sites (tertiary alicyclic amines) is 1. The zero-order valence-electron chi connectivity index (χ0n) is 19.1. The van der Waals surface area contributed by atoms with E-state index >= 15 is 0 Å². The monoisotopic (exact) mass is 462 g/mol. The number of sulfone groups is 1. The molecule has 2 saturated heterocycles. The van der Waals surface area contributed by atoms with Crippen molar-refractivity contribution in [2.45, 2.75) is 50.5 Å². The van der Waals surface area contributed by atoms with Gasteiger partial charge in [0.2, 0.25) is 0 Å². The number of benzene rings is 1. The fourth-order valence-corrected chi connectivity index (χ4v) is 5.25. The molecule has 2 aliphatic rings. The number of nitrogens with zero attached hydrogens (tertiary/aromatic N) is 4. The lowest BCUT2D eigenvalue weighted by molar-refractivity contribution is 0.220. The molecule has 1 atom stereocenters. The van der Waals surface area contributed by atoms with Crippen molar-refractivity contribution in [2.24, 2.45) is 11.8 Å². The molecule has 0 amide bonds. The van der Waals surface area contributed by atoms with E-state index in [0.29, 0.717) is 35.1 Å². The highest BCUT2D eigenvalue weighted by Gasteiger charge is 2.27. The van der Waals surface area contributed by atoms with Crippen LogP contribution in [0, 0.1) is 11.8 Å². The predicted molar refractivity (Wildman–Crippen MR) is 123 cm³/mol. The minimum absolute atomic E-state index is 0.314. The van der Waals surface area contributed by atoms with Crippen LogP contribution in [-0.4, -0.2) is 62.5 Å². The summed E-state index contributed by atoms with van der Waals surface area (Å²) < 4.78 is 34.5. The molecule has 8 nitrogen and oxygen atoms in total. The van der Waals surface area contributed by atoms with Crippen molar-refractivity contribution in [3.8, 4) is 5.75 Å². The van der Waals surface area contributed by atoms with E-state index in [-0.39, 0.29) is 0 Å². The largest absolute Gasteiger partial charge is 0.494 e. The molecule has 2 aromatic rings. The predicted octanol–water partition coefficient (Wildman–Crippen LogP) is 3.39. The normalized spacial score (nSPS) is 19.4. The Bertz CT molecular complexity index is 962. The Balaban J connectivity index is 1.18. The molecule has 176 valence electrons. The number of piperidine rings is 1. The van der Waals surface area contributed by atoms with Crippen molar-refractivity contribution in [2.75, 3.05) is 43.9 Å². The first-order chi connectivity index (χ1) is 15.4. The summed E-state index contributed by atoms with van der Waals surface area (Å²) in [4.78, 5) is 9.53. The molecule has 32 heavy (non-hydrogen) atoms. The van der Waals surface area contributed by atoms with E-state index in [9.17, 15) is 8.42 Å². The molecule has 3 heterocycles. The van der Waals surface area contributed by atoms with Gasteiger partial charge in [-0.15, -0.1) is 0 Å². The van der Waals surface area contributed by atoms with Gasteiger partial charge in [0.15, 0.2) is 15.7 Å². The zero-order valence-corrected chi connectivity index (χ0v) is 19.9. The third-order valence-corrected chi connectivity index (χ3v) is 7.86. The molecule has 1 aromatic carbocycles. The molecule has 0 saturated carbocycles. The Morgan fingerprint density at radius 3 is 2.47 bits per heavy atom. The van der Waals surface area contributed by atoms with Crippen LogP contribution in [0.1, 0.15) is 44.9 Å². The third kappa shape index (κ3) is 6.01. The van der Waals surface area contributed by atoms with Gasteiger partial charge < -0.3 is 14.2 Å². The average Bonchev–Trinajstić information content (AvgIpc) is 3.46. The first kappa shape index (κ1) is 23.0. The summed E-state index contributed by atoms with van der Waals surface area (Å²) in [6.45, 7) is 7.84. The van der Waals surface area contributed by atoms with Crippen molar-refractivity contribution >= 4 is 15.9 Å². The van der Waals surface area contributed by atoms with Crippen LogP contribution < -0.4 is 9.64 Å². The van der Waals surface area contributed by atoms with Gasteiger partial charge in [0.1, 0.15) is 5.75 Å². The molecular formula is C23H34N4O4S. The standard InChI is InChI=1S/C23H34N4O4S/c1-18(11-16-30-20-5-7-21(8-6-20)32(2,28)29)19-9-14-27(15-10-19)23-24-22(25-31-23)17-26-12-3-4-13-26/h5-8,18-19H,3-4,9-17H2,1-2H3. The van der Waals surface area contributed by atoms with E-state index in [1.54, 1.807) is 24.3 Å². The van der Waals surface area contributed by atoms with Gasteiger partial charge in [-0.1, -0.05) is 12.1 Å². The third-order valence-electron chi connectivity index (χ3n) is 6.73. The number of aromatic nitrogens is 2. The van der Waals surface area contributed by atoms with Gasteiger partial charge in [-0.3, -0.25) is 4.90 Å². The SMILES string of the molecule is CC(CCOc1ccc(S(C)(=O)=O)cc1)C1CCN(c2nc(CN3CCCC3)no2)CC1. The van der Waals surface area contributed by atoms with Crippen LogP contribution in [0.25, 0.3) is 0 Å². The molecule has 0 radical (unpaired) electrons. The Kier molecular flexibility index (Phi) is 7.35. The Labute approximate surface area is 190 Å². The molecular weight excluding hydrogens is 428 g/mol. The minimum atomic E-state index is -3.17. The summed E-state index contributed by atoms with van der Waals surface area (Å²) in [7, 11) is -3.17. The second-order valence-corrected chi connectivity index (χ2v) is 11.2. The topological polar surface area (TPSA) is 88.8 Å². The van der Waals surface area contributed by atoms with E-state index in [1.165, 1.54) is 19.1 Å². The molecule has 2 aliphatic heterocycles. The number of anilines is 1. The van der Waals surface area contributed by atoms with Crippen LogP contribution in [0.4, 0.5) is 6.01 Å². The van der Waals surface area contributed by atoms with Gasteiger partial charge in [-0.05, 0) is 81.3 Å². The first-order valence-corrected chi connectivity index (χ1v) is 13.5. The van der Waals surface area contributed by atoms with Crippen LogP contribution in [0.15, 0.2) is 33.7 Å². The van der Waals surface area contributed by atoms with Crippen LogP contribution >= 0.6 is 0 Å². The quantitative estimate of drug-likeness (QED) is 0.560. The molecule has 4 rings (SSSR count). The van der Waals surface area contributed by atoms with E-state index in [2.05, 4.69) is 26.9 Å². The smallest absolute Gasteiger partial charge is 0.324 e. The Hall–Kier alpha value is -2.13. The molecule has 0 spiro atoms. The van der Waals surface area contributed by atoms with E-state index < -0.39 is 9.84 Å². The van der Waals surface area contributed by atoms with Crippen molar-refractivity contribution in [3.63, 3.8) is 0 Å². The van der Waals surface area contributed by atoms with Gasteiger partial charge in [-0.2, -0.15) is 4.98 Å². The summed E-state index contributed by atoms with van der Waals surface area (Å²) in [6, 6.07) is 7.30. The highest BCUT2D eigenvalue weighted by molar-refractivity contribution is 7.90. The van der Waals surface area contributed by atoms with Crippen LogP contribution in [0.2, 0.25) is 0 Å². The molecule has 0 N–H and O–H groups in total. The lowest BCUT2D eigenvalue weighted by Crippen LogP contribution is -2.36. The maximum atomic E-state index is 11.5. The molecule has 0 bridgehead atoms. The van der Waals surface area contributed by atoms with E-state index in [4.69, 9.17) is 9.26 Å². The number of ether oxygens (including phenoxy) is 1. The van der Waals surface area contributed by atoms with Crippen LogP contribution in [0.3, 0.4) is 0 Å². The summed E-state index contributed by atoms with van der Waals surface area (Å²) in [6.07, 6.45) is 6.91. The van der Waals surface area contributed by atoms with Crippen molar-refractivity contribution in [3.05, 3.63) is 30.1 Å². The molecule has 2 fully saturated rings. The number of rotatable bonds is 9. The fourth-order valence-electron chi connectivity index (χ4n) is 4.62. The van der Waals surface area contributed by atoms with Gasteiger partial charge in [0.05, 0.1) is 18.0 Å². The summed E-state index contributed by atoms with van der Waals surface area (Å²) in [5, 5.41) is 4.18. The van der Waals surface area contributed by atoms with E-state index in [1.807, 2.05) is 0 Å². The van der Waals surface area contributed by atoms with E-state index in [0.717, 1.165) is 57.8 Å². The number of hydrogen-bond donors (Lipinski definition) is 0. The minimum Gasteiger partial charge on any atom is -0.494 e. The van der Waals surface area contributed by atoms with Crippen molar-refractivity contribution < 1.29 is 17.7 Å². The molecule has 1 aromatic heterocycles. The maximum Gasteiger partial charge on any atom is 0.324 e. The van der Waals surface area contributed by atoms with Crippen LogP contribution in [-0.2, 0) is 16.4 Å². The number of hydrogen-bond acceptors (Lipinski definition) is 8. The van der Waals surface area contributed by atoms with Crippen molar-refractivity contribution in [1.29, 1.82) is 0 Å². The first-order valence-electron chi connectivity index (χ1n) is 11.6. The van der Waals surface area contributed by atoms with Gasteiger partial charge >= 0.3 is 6.01 Å². The molecule has 9 heteroatoms. The average molecular weight is 463 g/mol. The van der Waals surface area contributed by atoms with Crippen LogP contribution in [0.5, 0.6) is 5.75 Å². The Morgan fingerprint density at radius 1 is 1.12 bits per heavy atom. The summed E-state index contributed by atoms with van der Waals surface area (Å²) in [5.74, 6) is 2.70. The lowest BCUT2D eigenvalue weighted by atomic mass is 9.84. The van der Waals surface area contributed by atoms with Gasteiger partial charge in [-0.25, -0.2) is 8.42 Å². The highest BCUT2D eigenvalue weighted by Crippen LogP contribution is 2.29. The lowest BCUT2D eigenvalue weighted by Gasteiger charge is -2.33. The Morgan fingerprint density at radius 2 is 1.81 bits per heavy atom. The molecule has 1 unspecified atom stereocenters.